The number of hydrogen-bond donors (Lipinski definition) is 0. The Morgan fingerprint density at radius 2 is 1.56 bits per heavy atom. The Kier molecular flexibility index (Phi) is 7.00. The fourth-order valence-electron chi connectivity index (χ4n) is 3.67. The minimum absolute atomic E-state index is 0.234. The maximum absolute atomic E-state index is 11.7. The first kappa shape index (κ1) is 20.0. The van der Waals surface area contributed by atoms with Gasteiger partial charge in [-0.25, -0.2) is 8.42 Å². The van der Waals surface area contributed by atoms with Gasteiger partial charge in [0.25, 0.3) is 0 Å². The van der Waals surface area contributed by atoms with Crippen LogP contribution in [0.1, 0.15) is 45.4 Å². The van der Waals surface area contributed by atoms with Gasteiger partial charge in [0.2, 0.25) is 0 Å². The smallest absolute Gasteiger partial charge is 0.153 e. The molecule has 3 rings (SSSR count). The van der Waals surface area contributed by atoms with Gasteiger partial charge in [-0.1, -0.05) is 63.3 Å². The molecule has 148 valence electrons. The van der Waals surface area contributed by atoms with Crippen LogP contribution in [-0.2, 0) is 9.84 Å². The van der Waals surface area contributed by atoms with Gasteiger partial charge in [0.15, 0.2) is 9.84 Å². The molecule has 1 fully saturated rings. The highest BCUT2D eigenvalue weighted by molar-refractivity contribution is 7.91. The van der Waals surface area contributed by atoms with Crippen LogP contribution in [0.15, 0.2) is 36.4 Å². The quantitative estimate of drug-likeness (QED) is 0.577. The van der Waals surface area contributed by atoms with E-state index in [0.717, 1.165) is 35.2 Å². The Bertz CT molecular complexity index is 834. The topological polar surface area (TPSA) is 46.6 Å². The van der Waals surface area contributed by atoms with Gasteiger partial charge in [0.1, 0.15) is 5.75 Å². The van der Waals surface area contributed by atoms with Crippen LogP contribution in [0.3, 0.4) is 0 Å². The lowest BCUT2D eigenvalue weighted by molar-refractivity contribution is 0.308. The zero-order valence-corrected chi connectivity index (χ0v) is 17.1. The Balaban J connectivity index is 1.66. The fourth-order valence-corrected chi connectivity index (χ4v) is 4.88. The highest BCUT2D eigenvalue weighted by atomic mass is 32.2. The summed E-state index contributed by atoms with van der Waals surface area (Å²) in [5.41, 5.74) is 1.10. The summed E-state index contributed by atoms with van der Waals surface area (Å²) in [6.07, 6.45) is 7.51. The minimum Gasteiger partial charge on any atom is -0.493 e. The summed E-state index contributed by atoms with van der Waals surface area (Å²) in [7, 11) is -2.88. The van der Waals surface area contributed by atoms with E-state index >= 15 is 0 Å². The molecule has 0 atom stereocenters. The summed E-state index contributed by atoms with van der Waals surface area (Å²) in [5, 5.41) is 2.24. The van der Waals surface area contributed by atoms with E-state index in [0.29, 0.717) is 13.1 Å². The van der Waals surface area contributed by atoms with E-state index < -0.39 is 9.84 Å². The Morgan fingerprint density at radius 1 is 0.889 bits per heavy atom. The molecule has 0 bridgehead atoms. The van der Waals surface area contributed by atoms with Crippen molar-refractivity contribution >= 4 is 26.3 Å². The number of ether oxygens (including phenoxy) is 1. The summed E-state index contributed by atoms with van der Waals surface area (Å²) in [6, 6.07) is 12.4. The Hall–Kier alpha value is -1.75. The van der Waals surface area contributed by atoms with E-state index in [1.54, 1.807) is 0 Å². The van der Waals surface area contributed by atoms with Crippen molar-refractivity contribution in [3.63, 3.8) is 0 Å². The van der Waals surface area contributed by atoms with Gasteiger partial charge in [-0.3, -0.25) is 0 Å². The number of benzene rings is 2. The molecular formula is C22H31NO3S. The van der Waals surface area contributed by atoms with Crippen molar-refractivity contribution in [2.75, 3.05) is 36.1 Å². The molecule has 1 aliphatic rings. The summed E-state index contributed by atoms with van der Waals surface area (Å²) in [5.74, 6) is 1.39. The van der Waals surface area contributed by atoms with Crippen molar-refractivity contribution in [2.24, 2.45) is 0 Å². The molecule has 0 amide bonds. The average Bonchev–Trinajstić information content (AvgIpc) is 2.67. The van der Waals surface area contributed by atoms with E-state index in [1.165, 1.54) is 32.1 Å². The summed E-state index contributed by atoms with van der Waals surface area (Å²) in [4.78, 5) is 2.18. The van der Waals surface area contributed by atoms with Crippen LogP contribution in [0.4, 0.5) is 5.69 Å². The van der Waals surface area contributed by atoms with Crippen molar-refractivity contribution < 1.29 is 13.2 Å². The van der Waals surface area contributed by atoms with Gasteiger partial charge >= 0.3 is 0 Å². The van der Waals surface area contributed by atoms with Crippen molar-refractivity contribution in [1.29, 1.82) is 0 Å². The molecule has 5 heteroatoms. The van der Waals surface area contributed by atoms with Gasteiger partial charge in [0.05, 0.1) is 18.1 Å². The number of unbranched alkanes of at least 4 members (excludes halogenated alkanes) is 5. The van der Waals surface area contributed by atoms with E-state index in [4.69, 9.17) is 4.74 Å². The van der Waals surface area contributed by atoms with Crippen molar-refractivity contribution in [2.45, 2.75) is 45.4 Å². The first-order chi connectivity index (χ1) is 13.1. The molecular weight excluding hydrogens is 358 g/mol. The van der Waals surface area contributed by atoms with E-state index in [9.17, 15) is 8.42 Å². The molecule has 0 spiro atoms. The zero-order valence-electron chi connectivity index (χ0n) is 16.3. The summed E-state index contributed by atoms with van der Waals surface area (Å²) < 4.78 is 29.5. The van der Waals surface area contributed by atoms with Crippen LogP contribution in [0.5, 0.6) is 5.75 Å². The average molecular weight is 390 g/mol. The van der Waals surface area contributed by atoms with Gasteiger partial charge in [-0.15, -0.1) is 0 Å². The number of nitrogens with zero attached hydrogens (tertiary/aromatic N) is 1. The van der Waals surface area contributed by atoms with E-state index in [-0.39, 0.29) is 11.5 Å². The lowest BCUT2D eigenvalue weighted by Crippen LogP contribution is -2.40. The molecule has 4 nitrogen and oxygen atoms in total. The predicted molar refractivity (Wildman–Crippen MR) is 114 cm³/mol. The molecule has 0 unspecified atom stereocenters. The van der Waals surface area contributed by atoms with Crippen molar-refractivity contribution in [3.8, 4) is 5.75 Å². The second kappa shape index (κ2) is 9.45. The number of rotatable bonds is 9. The third-order valence-corrected chi connectivity index (χ3v) is 6.91. The molecule has 27 heavy (non-hydrogen) atoms. The van der Waals surface area contributed by atoms with Crippen molar-refractivity contribution in [1.82, 2.24) is 0 Å². The van der Waals surface area contributed by atoms with Crippen molar-refractivity contribution in [3.05, 3.63) is 36.4 Å². The number of hydrogen-bond acceptors (Lipinski definition) is 4. The zero-order chi connectivity index (χ0) is 19.1. The van der Waals surface area contributed by atoms with Gasteiger partial charge in [0, 0.05) is 29.5 Å². The highest BCUT2D eigenvalue weighted by Gasteiger charge is 2.23. The second-order valence-electron chi connectivity index (χ2n) is 7.38. The standard InChI is InChI=1S/C22H31NO3S/c1-2-3-4-5-6-9-16-26-22-13-12-21(19-10-7-8-11-20(19)22)23-14-17-27(24,25)18-15-23/h7-8,10-13H,2-6,9,14-18H2,1H3. The molecule has 0 aromatic heterocycles. The molecule has 1 aliphatic heterocycles. The van der Waals surface area contributed by atoms with E-state index in [2.05, 4.69) is 30.0 Å². The first-order valence-electron chi connectivity index (χ1n) is 10.2. The van der Waals surface area contributed by atoms with Gasteiger partial charge in [-0.05, 0) is 18.6 Å². The summed E-state index contributed by atoms with van der Waals surface area (Å²) >= 11 is 0. The van der Waals surface area contributed by atoms with Crippen LogP contribution in [-0.4, -0.2) is 39.6 Å². The third kappa shape index (κ3) is 5.38. The Morgan fingerprint density at radius 3 is 2.30 bits per heavy atom. The van der Waals surface area contributed by atoms with E-state index in [1.807, 2.05) is 18.2 Å². The fraction of sp³-hybridized carbons (Fsp3) is 0.545. The molecule has 1 saturated heterocycles. The molecule has 0 radical (unpaired) electrons. The maximum Gasteiger partial charge on any atom is 0.153 e. The van der Waals surface area contributed by atoms with Crippen LogP contribution in [0, 0.1) is 0 Å². The minimum atomic E-state index is -2.88. The second-order valence-corrected chi connectivity index (χ2v) is 9.69. The molecule has 0 N–H and O–H groups in total. The third-order valence-electron chi connectivity index (χ3n) is 5.30. The van der Waals surface area contributed by atoms with Gasteiger partial charge in [-0.2, -0.15) is 0 Å². The number of fused-ring (bicyclic) bond motifs is 1. The SMILES string of the molecule is CCCCCCCCOc1ccc(N2CCS(=O)(=O)CC2)c2ccccc12. The lowest BCUT2D eigenvalue weighted by Gasteiger charge is -2.30. The molecule has 2 aromatic carbocycles. The Labute approximate surface area is 163 Å². The molecule has 0 aliphatic carbocycles. The summed E-state index contributed by atoms with van der Waals surface area (Å²) in [6.45, 7) is 4.10. The monoisotopic (exact) mass is 389 g/mol. The van der Waals surface area contributed by atoms with Crippen LogP contribution in [0.2, 0.25) is 0 Å². The first-order valence-corrected chi connectivity index (χ1v) is 12.0. The predicted octanol–water partition coefficient (Wildman–Crippen LogP) is 4.81. The van der Waals surface area contributed by atoms with Crippen LogP contribution >= 0.6 is 0 Å². The maximum atomic E-state index is 11.7. The number of anilines is 1. The largest absolute Gasteiger partial charge is 0.493 e. The lowest BCUT2D eigenvalue weighted by atomic mass is 10.1. The van der Waals surface area contributed by atoms with Crippen LogP contribution < -0.4 is 9.64 Å². The normalized spacial score (nSPS) is 16.6. The molecule has 0 saturated carbocycles. The molecule has 1 heterocycles. The van der Waals surface area contributed by atoms with Gasteiger partial charge < -0.3 is 9.64 Å². The van der Waals surface area contributed by atoms with Crippen LogP contribution in [0.25, 0.3) is 10.8 Å². The number of sulfone groups is 1. The molecule has 2 aromatic rings. The highest BCUT2D eigenvalue weighted by Crippen LogP contribution is 2.34.